The number of rotatable bonds is 5. The predicted octanol–water partition coefficient (Wildman–Crippen LogP) is 3.00. The van der Waals surface area contributed by atoms with Crippen LogP contribution in [0.3, 0.4) is 0 Å². The quantitative estimate of drug-likeness (QED) is 0.655. The minimum atomic E-state index is -3.88. The lowest BCUT2D eigenvalue weighted by Gasteiger charge is -2.42. The molecule has 2 aromatic carbocycles. The van der Waals surface area contributed by atoms with Gasteiger partial charge < -0.3 is 19.5 Å². The number of sulfonamides is 1. The van der Waals surface area contributed by atoms with Crippen molar-refractivity contribution in [2.45, 2.75) is 42.4 Å². The first kappa shape index (κ1) is 23.3. The van der Waals surface area contributed by atoms with E-state index in [9.17, 15) is 18.0 Å². The number of anilines is 1. The summed E-state index contributed by atoms with van der Waals surface area (Å²) in [5.74, 6) is -0.982. The number of nitrogens with one attached hydrogen (secondary N) is 1. The molecule has 0 bridgehead atoms. The summed E-state index contributed by atoms with van der Waals surface area (Å²) < 4.78 is 39.6. The molecule has 2 aromatic rings. The number of likely N-dealkylation sites (N-methyl/N-ethyl adjacent to an activating group) is 1. The highest BCUT2D eigenvalue weighted by molar-refractivity contribution is 7.92. The fraction of sp³-hybridized carbons (Fsp3) is 0.364. The molecule has 33 heavy (non-hydrogen) atoms. The van der Waals surface area contributed by atoms with Gasteiger partial charge >= 0.3 is 5.97 Å². The molecule has 11 heteroatoms. The Labute approximate surface area is 196 Å². The van der Waals surface area contributed by atoms with Crippen LogP contribution in [-0.2, 0) is 19.6 Å². The number of hydrogen-bond donors (Lipinski definition) is 2. The zero-order chi connectivity index (χ0) is 23.8. The van der Waals surface area contributed by atoms with Crippen LogP contribution in [0.5, 0.6) is 5.75 Å². The van der Waals surface area contributed by atoms with Gasteiger partial charge in [0.1, 0.15) is 18.5 Å². The number of carboxylic acid groups (broad SMARTS) is 1. The summed E-state index contributed by atoms with van der Waals surface area (Å²) in [6.07, 6.45) is 0.0903. The van der Waals surface area contributed by atoms with Crippen LogP contribution in [0.2, 0.25) is 5.02 Å². The Morgan fingerprint density at radius 2 is 1.94 bits per heavy atom. The highest BCUT2D eigenvalue weighted by Crippen LogP contribution is 2.33. The third-order valence-electron chi connectivity index (χ3n) is 5.79. The molecule has 0 saturated carbocycles. The SMILES string of the molecule is CN1C(=O)c2cc(NS(=O)(=O)c3ccc(Cl)cc3)ccc2OC[C@H]2O[C@H](CC(=O)O)CC[C@H]21. The molecule has 1 fully saturated rings. The summed E-state index contributed by atoms with van der Waals surface area (Å²) in [6, 6.07) is 9.93. The number of carbonyl (C=O) groups is 2. The first-order valence-corrected chi connectivity index (χ1v) is 12.2. The molecular weight excluding hydrogens is 472 g/mol. The number of nitrogens with zero attached hydrogens (tertiary/aromatic N) is 1. The summed E-state index contributed by atoms with van der Waals surface area (Å²) in [7, 11) is -2.23. The van der Waals surface area contributed by atoms with Crippen LogP contribution in [0, 0.1) is 0 Å². The lowest BCUT2D eigenvalue weighted by atomic mass is 9.95. The van der Waals surface area contributed by atoms with E-state index in [2.05, 4.69) is 4.72 Å². The van der Waals surface area contributed by atoms with Crippen LogP contribution in [0.4, 0.5) is 5.69 Å². The van der Waals surface area contributed by atoms with E-state index in [1.165, 1.54) is 42.5 Å². The zero-order valence-electron chi connectivity index (χ0n) is 17.7. The fourth-order valence-corrected chi connectivity index (χ4v) is 5.29. The maximum atomic E-state index is 13.2. The normalized spacial score (nSPS) is 22.9. The summed E-state index contributed by atoms with van der Waals surface area (Å²) in [5, 5.41) is 9.46. The van der Waals surface area contributed by atoms with E-state index < -0.39 is 28.2 Å². The van der Waals surface area contributed by atoms with Crippen LogP contribution in [0.1, 0.15) is 29.6 Å². The van der Waals surface area contributed by atoms with Gasteiger partial charge in [-0.15, -0.1) is 0 Å². The topological polar surface area (TPSA) is 122 Å². The minimum absolute atomic E-state index is 0.0384. The molecule has 2 aliphatic heterocycles. The van der Waals surface area contributed by atoms with Gasteiger partial charge in [-0.1, -0.05) is 11.6 Å². The number of hydrogen-bond acceptors (Lipinski definition) is 6. The Morgan fingerprint density at radius 3 is 2.64 bits per heavy atom. The average Bonchev–Trinajstić information content (AvgIpc) is 2.76. The van der Waals surface area contributed by atoms with Crippen molar-refractivity contribution >= 4 is 39.2 Å². The first-order valence-electron chi connectivity index (χ1n) is 10.3. The predicted molar refractivity (Wildman–Crippen MR) is 120 cm³/mol. The number of ether oxygens (including phenoxy) is 2. The van der Waals surface area contributed by atoms with Crippen molar-refractivity contribution in [3.05, 3.63) is 53.1 Å². The lowest BCUT2D eigenvalue weighted by Crippen LogP contribution is -2.53. The molecule has 4 rings (SSSR count). The van der Waals surface area contributed by atoms with Crippen molar-refractivity contribution in [3.8, 4) is 5.75 Å². The second-order valence-electron chi connectivity index (χ2n) is 8.04. The average molecular weight is 495 g/mol. The van der Waals surface area contributed by atoms with Gasteiger partial charge in [0.25, 0.3) is 15.9 Å². The Hall–Kier alpha value is -2.82. The Bertz CT molecular complexity index is 1170. The monoisotopic (exact) mass is 494 g/mol. The number of carboxylic acids is 1. The number of benzene rings is 2. The van der Waals surface area contributed by atoms with E-state index in [4.69, 9.17) is 26.2 Å². The van der Waals surface area contributed by atoms with Crippen LogP contribution in [0.25, 0.3) is 0 Å². The molecule has 0 unspecified atom stereocenters. The second-order valence-corrected chi connectivity index (χ2v) is 10.2. The number of aliphatic carboxylic acids is 1. The number of fused-ring (bicyclic) bond motifs is 2. The lowest BCUT2D eigenvalue weighted by molar-refractivity contribution is -0.148. The third-order valence-corrected chi connectivity index (χ3v) is 7.44. The van der Waals surface area contributed by atoms with Crippen LogP contribution in [-0.4, -0.2) is 62.2 Å². The molecule has 2 N–H and O–H groups in total. The molecule has 0 aliphatic carbocycles. The van der Waals surface area contributed by atoms with Gasteiger partial charge in [0.05, 0.1) is 29.0 Å². The van der Waals surface area contributed by atoms with Crippen molar-refractivity contribution in [3.63, 3.8) is 0 Å². The molecule has 0 aromatic heterocycles. The van der Waals surface area contributed by atoms with Gasteiger partial charge in [0.15, 0.2) is 0 Å². The molecule has 1 amide bonds. The van der Waals surface area contributed by atoms with Gasteiger partial charge in [-0.2, -0.15) is 0 Å². The standard InChI is InChI=1S/C22H23ClN2O7S/c1-25-18-8-5-15(11-21(26)27)32-20(18)12-31-19-9-4-14(10-17(19)22(25)28)24-33(29,30)16-6-2-13(23)3-7-16/h2-4,6-7,9-10,15,18,20,24H,5,8,11-12H2,1H3,(H,26,27)/t15-,18+,20+/m0/s1. The van der Waals surface area contributed by atoms with E-state index >= 15 is 0 Å². The van der Waals surface area contributed by atoms with Crippen molar-refractivity contribution in [2.75, 3.05) is 18.4 Å². The number of carbonyl (C=O) groups excluding carboxylic acids is 1. The molecule has 2 aliphatic rings. The number of halogens is 1. The minimum Gasteiger partial charge on any atom is -0.490 e. The summed E-state index contributed by atoms with van der Waals surface area (Å²) in [6.45, 7) is 0.140. The van der Waals surface area contributed by atoms with Crippen molar-refractivity contribution in [2.24, 2.45) is 0 Å². The molecule has 176 valence electrons. The molecule has 1 saturated heterocycles. The van der Waals surface area contributed by atoms with Gasteiger partial charge in [0, 0.05) is 17.8 Å². The van der Waals surface area contributed by atoms with Crippen LogP contribution >= 0.6 is 11.6 Å². The van der Waals surface area contributed by atoms with E-state index in [1.54, 1.807) is 11.9 Å². The largest absolute Gasteiger partial charge is 0.490 e. The van der Waals surface area contributed by atoms with Crippen molar-refractivity contribution in [1.82, 2.24) is 4.90 Å². The Balaban J connectivity index is 1.57. The van der Waals surface area contributed by atoms with Crippen LogP contribution < -0.4 is 9.46 Å². The van der Waals surface area contributed by atoms with Gasteiger partial charge in [-0.05, 0) is 55.3 Å². The summed E-state index contributed by atoms with van der Waals surface area (Å²) in [5.41, 5.74) is 0.438. The van der Waals surface area contributed by atoms with Crippen molar-refractivity contribution in [1.29, 1.82) is 0 Å². The van der Waals surface area contributed by atoms with Gasteiger partial charge in [0.2, 0.25) is 0 Å². The molecule has 2 heterocycles. The zero-order valence-corrected chi connectivity index (χ0v) is 19.3. The molecule has 0 spiro atoms. The van der Waals surface area contributed by atoms with Gasteiger partial charge in [-0.3, -0.25) is 14.3 Å². The molecule has 3 atom stereocenters. The maximum absolute atomic E-state index is 13.2. The van der Waals surface area contributed by atoms with E-state index in [-0.39, 0.29) is 41.1 Å². The highest BCUT2D eigenvalue weighted by atomic mass is 35.5. The summed E-state index contributed by atoms with van der Waals surface area (Å²) >= 11 is 5.83. The molecule has 0 radical (unpaired) electrons. The fourth-order valence-electron chi connectivity index (χ4n) is 4.11. The maximum Gasteiger partial charge on any atom is 0.305 e. The van der Waals surface area contributed by atoms with E-state index in [0.717, 1.165) is 0 Å². The number of amides is 1. The van der Waals surface area contributed by atoms with E-state index in [0.29, 0.717) is 23.6 Å². The van der Waals surface area contributed by atoms with Gasteiger partial charge in [-0.25, -0.2) is 8.42 Å². The Kier molecular flexibility index (Phi) is 6.51. The van der Waals surface area contributed by atoms with Crippen LogP contribution in [0.15, 0.2) is 47.4 Å². The Morgan fingerprint density at radius 1 is 1.21 bits per heavy atom. The van der Waals surface area contributed by atoms with Crippen molar-refractivity contribution < 1.29 is 32.6 Å². The smallest absolute Gasteiger partial charge is 0.305 e. The second kappa shape index (κ2) is 9.20. The summed E-state index contributed by atoms with van der Waals surface area (Å²) in [4.78, 5) is 25.9. The first-order chi connectivity index (χ1) is 15.6. The third kappa shape index (κ3) is 5.07. The highest BCUT2D eigenvalue weighted by Gasteiger charge is 2.39. The molecule has 9 nitrogen and oxygen atoms in total. The molecular formula is C22H23ClN2O7S. The van der Waals surface area contributed by atoms with E-state index in [1.807, 2.05) is 0 Å².